The highest BCUT2D eigenvalue weighted by Gasteiger charge is 2.45. The highest BCUT2D eigenvalue weighted by molar-refractivity contribution is 7.94. The molecule has 4 aromatic carbocycles. The first-order valence-electron chi connectivity index (χ1n) is 10.3. The second-order valence-corrected chi connectivity index (χ2v) is 12.3. The number of hydrogen-bond acceptors (Lipinski definition) is 2. The molecular formula is C27H24O2P2. The van der Waals surface area contributed by atoms with Crippen molar-refractivity contribution in [1.29, 1.82) is 0 Å². The number of methoxy groups -OCH3 is 2. The molecule has 0 radical (unpaired) electrons. The number of ether oxygens (including phenoxy) is 2. The van der Waals surface area contributed by atoms with Gasteiger partial charge in [-0.1, -0.05) is 91.0 Å². The van der Waals surface area contributed by atoms with Crippen LogP contribution in [-0.4, -0.2) is 14.2 Å². The molecule has 0 aliphatic carbocycles. The van der Waals surface area contributed by atoms with Gasteiger partial charge in [-0.05, 0) is 49.2 Å². The first kappa shape index (κ1) is 20.3. The molecule has 2 atom stereocenters. The minimum absolute atomic E-state index is 0.276. The summed E-state index contributed by atoms with van der Waals surface area (Å²) in [7, 11) is 2.25. The van der Waals surface area contributed by atoms with Gasteiger partial charge in [-0.15, -0.1) is 0 Å². The summed E-state index contributed by atoms with van der Waals surface area (Å²) < 4.78 is 11.8. The highest BCUT2D eigenvalue weighted by Crippen LogP contribution is 2.72. The van der Waals surface area contributed by atoms with Gasteiger partial charge in [-0.25, -0.2) is 0 Å². The van der Waals surface area contributed by atoms with Crippen molar-refractivity contribution in [2.45, 2.75) is 5.40 Å². The molecule has 0 saturated heterocycles. The summed E-state index contributed by atoms with van der Waals surface area (Å²) in [4.78, 5) is 0. The van der Waals surface area contributed by atoms with Crippen LogP contribution in [0.3, 0.4) is 0 Å². The van der Waals surface area contributed by atoms with E-state index in [1.807, 2.05) is 6.07 Å². The second kappa shape index (κ2) is 8.83. The van der Waals surface area contributed by atoms with Crippen molar-refractivity contribution in [3.8, 4) is 11.5 Å². The van der Waals surface area contributed by atoms with Crippen molar-refractivity contribution >= 4 is 37.1 Å². The van der Waals surface area contributed by atoms with Gasteiger partial charge in [-0.3, -0.25) is 0 Å². The molecular weight excluding hydrogens is 418 g/mol. The molecule has 1 aliphatic rings. The fourth-order valence-electron chi connectivity index (χ4n) is 4.38. The predicted octanol–water partition coefficient (Wildman–Crippen LogP) is 5.28. The molecule has 1 aliphatic heterocycles. The van der Waals surface area contributed by atoms with Gasteiger partial charge in [0.25, 0.3) is 0 Å². The van der Waals surface area contributed by atoms with E-state index in [1.54, 1.807) is 14.2 Å². The van der Waals surface area contributed by atoms with E-state index in [0.29, 0.717) is 0 Å². The van der Waals surface area contributed by atoms with E-state index < -0.39 is 15.8 Å². The summed E-state index contributed by atoms with van der Waals surface area (Å²) in [5, 5.41) is 6.00. The van der Waals surface area contributed by atoms with Gasteiger partial charge in [0.1, 0.15) is 11.5 Å². The zero-order valence-corrected chi connectivity index (χ0v) is 19.4. The number of hydrogen-bond donors (Lipinski definition) is 0. The highest BCUT2D eigenvalue weighted by atomic mass is 31.2. The molecule has 0 bridgehead atoms. The van der Waals surface area contributed by atoms with E-state index in [-0.39, 0.29) is 5.40 Å². The van der Waals surface area contributed by atoms with E-state index in [2.05, 4.69) is 97.1 Å². The van der Waals surface area contributed by atoms with Crippen LogP contribution in [0.2, 0.25) is 0 Å². The van der Waals surface area contributed by atoms with Crippen molar-refractivity contribution in [2.24, 2.45) is 0 Å². The average Bonchev–Trinajstić information content (AvgIpc) is 3.19. The maximum atomic E-state index is 5.91. The van der Waals surface area contributed by atoms with Gasteiger partial charge in [0.05, 0.1) is 14.2 Å². The van der Waals surface area contributed by atoms with E-state index in [4.69, 9.17) is 9.47 Å². The Morgan fingerprint density at radius 3 is 1.35 bits per heavy atom. The van der Waals surface area contributed by atoms with Gasteiger partial charge in [0.15, 0.2) is 0 Å². The number of fused-ring (bicyclic) bond motifs is 1. The first-order chi connectivity index (χ1) is 15.3. The maximum absolute atomic E-state index is 5.91. The third-order valence-corrected chi connectivity index (χ3v) is 12.3. The summed E-state index contributed by atoms with van der Waals surface area (Å²) in [5.41, 5.74) is 1.19. The fourth-order valence-corrected chi connectivity index (χ4v) is 12.3. The van der Waals surface area contributed by atoms with Crippen LogP contribution in [0.4, 0.5) is 0 Å². The first-order valence-corrected chi connectivity index (χ1v) is 13.1. The largest absolute Gasteiger partial charge is 0.496 e. The Morgan fingerprint density at radius 2 is 0.935 bits per heavy atom. The van der Waals surface area contributed by atoms with E-state index in [1.165, 1.54) is 26.8 Å². The number of rotatable bonds is 5. The van der Waals surface area contributed by atoms with Crippen LogP contribution >= 0.6 is 15.8 Å². The molecule has 0 N–H and O–H groups in total. The van der Waals surface area contributed by atoms with Gasteiger partial charge in [0.2, 0.25) is 0 Å². The molecule has 0 amide bonds. The Balaban J connectivity index is 1.83. The lowest BCUT2D eigenvalue weighted by molar-refractivity contribution is 0.387. The predicted molar refractivity (Wildman–Crippen MR) is 134 cm³/mol. The van der Waals surface area contributed by atoms with Crippen molar-refractivity contribution in [1.82, 2.24) is 0 Å². The van der Waals surface area contributed by atoms with Gasteiger partial charge in [-0.2, -0.15) is 0 Å². The monoisotopic (exact) mass is 442 g/mol. The molecule has 0 aromatic heterocycles. The summed E-state index contributed by atoms with van der Waals surface area (Å²) in [6.45, 7) is 0. The van der Waals surface area contributed by atoms with Gasteiger partial charge >= 0.3 is 0 Å². The number of benzene rings is 4. The average molecular weight is 442 g/mol. The Kier molecular flexibility index (Phi) is 5.77. The standard InChI is InChI=1S/C27H24O2P2/c1-28-22-16-11-17-23(29-2)26(22)27-30(20-12-5-3-6-13-20)24-18-9-10-19-25(24)31(27)21-14-7-4-8-15-21/h3-19,27H,1-2H3. The summed E-state index contributed by atoms with van der Waals surface area (Å²) >= 11 is 0. The lowest BCUT2D eigenvalue weighted by atomic mass is 10.2. The van der Waals surface area contributed by atoms with Crippen LogP contribution in [0.25, 0.3) is 0 Å². The Bertz CT molecular complexity index is 1090. The van der Waals surface area contributed by atoms with Crippen molar-refractivity contribution in [2.75, 3.05) is 14.2 Å². The molecule has 0 fully saturated rings. The molecule has 2 unspecified atom stereocenters. The Labute approximate surface area is 186 Å². The molecule has 4 aromatic rings. The third-order valence-electron chi connectivity index (χ3n) is 5.68. The van der Waals surface area contributed by atoms with Crippen LogP contribution in [-0.2, 0) is 0 Å². The van der Waals surface area contributed by atoms with E-state index in [9.17, 15) is 0 Å². The molecule has 4 heteroatoms. The van der Waals surface area contributed by atoms with Crippen LogP contribution < -0.4 is 30.7 Å². The van der Waals surface area contributed by atoms with Crippen LogP contribution in [0.5, 0.6) is 11.5 Å². The molecule has 154 valence electrons. The van der Waals surface area contributed by atoms with Crippen LogP contribution in [0.15, 0.2) is 103 Å². The SMILES string of the molecule is COc1cccc(OC)c1C1P(c2ccccc2)c2ccccc2P1c1ccccc1. The molecule has 1 heterocycles. The van der Waals surface area contributed by atoms with Gasteiger partial charge in [0, 0.05) is 11.0 Å². The summed E-state index contributed by atoms with van der Waals surface area (Å²) in [6.07, 6.45) is 0. The minimum atomic E-state index is -0.634. The summed E-state index contributed by atoms with van der Waals surface area (Å²) in [5.74, 6) is 1.81. The Morgan fingerprint density at radius 1 is 0.516 bits per heavy atom. The molecule has 2 nitrogen and oxygen atoms in total. The van der Waals surface area contributed by atoms with Crippen molar-refractivity contribution < 1.29 is 9.47 Å². The molecule has 5 rings (SSSR count). The molecule has 0 spiro atoms. The van der Waals surface area contributed by atoms with Crippen molar-refractivity contribution in [3.05, 3.63) is 109 Å². The Hall–Kier alpha value is -2.66. The van der Waals surface area contributed by atoms with E-state index in [0.717, 1.165) is 11.5 Å². The topological polar surface area (TPSA) is 18.5 Å². The molecule has 0 saturated carbocycles. The fraction of sp³-hybridized carbons (Fsp3) is 0.111. The van der Waals surface area contributed by atoms with Crippen LogP contribution in [0, 0.1) is 0 Å². The van der Waals surface area contributed by atoms with E-state index >= 15 is 0 Å². The van der Waals surface area contributed by atoms with Crippen LogP contribution in [0.1, 0.15) is 11.0 Å². The zero-order chi connectivity index (χ0) is 21.2. The van der Waals surface area contributed by atoms with Crippen molar-refractivity contribution in [3.63, 3.8) is 0 Å². The smallest absolute Gasteiger partial charge is 0.126 e. The third kappa shape index (κ3) is 3.55. The maximum Gasteiger partial charge on any atom is 0.126 e. The summed E-state index contributed by atoms with van der Waals surface area (Å²) in [6, 6.07) is 37.1. The normalized spacial score (nSPS) is 19.6. The second-order valence-electron chi connectivity index (χ2n) is 7.35. The quantitative estimate of drug-likeness (QED) is 0.392. The molecule has 31 heavy (non-hydrogen) atoms. The minimum Gasteiger partial charge on any atom is -0.496 e. The van der Waals surface area contributed by atoms with Gasteiger partial charge < -0.3 is 9.47 Å². The lowest BCUT2D eigenvalue weighted by Gasteiger charge is -2.29. The lowest BCUT2D eigenvalue weighted by Crippen LogP contribution is -2.20. The zero-order valence-electron chi connectivity index (χ0n) is 17.6.